The summed E-state index contributed by atoms with van der Waals surface area (Å²) in [5, 5.41) is 3.37. The fraction of sp³-hybridized carbons (Fsp3) is 0.158. The highest BCUT2D eigenvalue weighted by atomic mass is 32.2. The molecule has 1 amide bonds. The van der Waals surface area contributed by atoms with Gasteiger partial charge in [0, 0.05) is 23.2 Å². The van der Waals surface area contributed by atoms with Crippen molar-refractivity contribution in [1.82, 2.24) is 4.98 Å². The number of hydrogen-bond acceptors (Lipinski definition) is 5. The van der Waals surface area contributed by atoms with Gasteiger partial charge in [-0.3, -0.25) is 14.5 Å². The van der Waals surface area contributed by atoms with Crippen molar-refractivity contribution in [3.05, 3.63) is 59.5 Å². The number of carbonyl (C=O) groups excluding carboxylic acids is 1. The molecule has 1 aromatic heterocycles. The van der Waals surface area contributed by atoms with Crippen LogP contribution in [0.2, 0.25) is 0 Å². The Labute approximate surface area is 161 Å². The highest BCUT2D eigenvalue weighted by Crippen LogP contribution is 2.29. The van der Waals surface area contributed by atoms with Crippen molar-refractivity contribution in [2.75, 3.05) is 23.4 Å². The van der Waals surface area contributed by atoms with Gasteiger partial charge in [0.2, 0.25) is 10.0 Å². The summed E-state index contributed by atoms with van der Waals surface area (Å²) in [6.45, 7) is 1.67. The molecule has 0 fully saturated rings. The van der Waals surface area contributed by atoms with Gasteiger partial charge in [-0.05, 0) is 37.3 Å². The second-order valence-electron chi connectivity index (χ2n) is 6.20. The predicted octanol–water partition coefficient (Wildman–Crippen LogP) is 3.31. The molecule has 0 unspecified atom stereocenters. The Kier molecular flexibility index (Phi) is 5.19. The minimum Gasteiger partial charge on any atom is -0.494 e. The van der Waals surface area contributed by atoms with Gasteiger partial charge < -0.3 is 10.1 Å². The van der Waals surface area contributed by atoms with Crippen molar-refractivity contribution in [3.8, 4) is 5.75 Å². The highest BCUT2D eigenvalue weighted by Gasteiger charge is 2.14. The Morgan fingerprint density at radius 1 is 1.14 bits per heavy atom. The summed E-state index contributed by atoms with van der Waals surface area (Å²) in [5.74, 6) is -0.541. The third kappa shape index (κ3) is 4.37. The van der Waals surface area contributed by atoms with E-state index in [0.717, 1.165) is 6.26 Å². The summed E-state index contributed by atoms with van der Waals surface area (Å²) in [6.07, 6.45) is 1.03. The van der Waals surface area contributed by atoms with E-state index in [4.69, 9.17) is 4.74 Å². The second kappa shape index (κ2) is 7.43. The molecule has 0 aliphatic carbocycles. The fourth-order valence-corrected chi connectivity index (χ4v) is 3.29. The molecule has 1 heterocycles. The average Bonchev–Trinajstić information content (AvgIpc) is 2.61. The largest absolute Gasteiger partial charge is 0.494 e. The molecule has 0 atom stereocenters. The molecule has 3 aromatic rings. The summed E-state index contributed by atoms with van der Waals surface area (Å²) in [4.78, 5) is 17.0. The quantitative estimate of drug-likeness (QED) is 0.681. The Bertz CT molecular complexity index is 1180. The van der Waals surface area contributed by atoms with Gasteiger partial charge in [0.25, 0.3) is 5.91 Å². The van der Waals surface area contributed by atoms with E-state index in [2.05, 4.69) is 15.0 Å². The zero-order chi connectivity index (χ0) is 20.5. The molecule has 0 bridgehead atoms. The predicted molar refractivity (Wildman–Crippen MR) is 106 cm³/mol. The number of pyridine rings is 1. The van der Waals surface area contributed by atoms with Crippen LogP contribution in [0.1, 0.15) is 16.1 Å². The van der Waals surface area contributed by atoms with Crippen LogP contribution >= 0.6 is 0 Å². The number of benzene rings is 2. The summed E-state index contributed by atoms with van der Waals surface area (Å²) in [5.41, 5.74) is 1.94. The first-order chi connectivity index (χ1) is 13.2. The van der Waals surface area contributed by atoms with Gasteiger partial charge in [-0.1, -0.05) is 0 Å². The van der Waals surface area contributed by atoms with Crippen LogP contribution in [0, 0.1) is 12.7 Å². The fourth-order valence-electron chi connectivity index (χ4n) is 2.72. The zero-order valence-corrected chi connectivity index (χ0v) is 16.2. The summed E-state index contributed by atoms with van der Waals surface area (Å²) in [7, 11) is -2.08. The first kappa shape index (κ1) is 19.6. The van der Waals surface area contributed by atoms with Crippen molar-refractivity contribution in [2.45, 2.75) is 6.92 Å². The minimum atomic E-state index is -3.47. The molecule has 146 valence electrons. The van der Waals surface area contributed by atoms with Gasteiger partial charge in [0.05, 0.1) is 35.8 Å². The van der Waals surface area contributed by atoms with Crippen LogP contribution in [-0.2, 0) is 10.0 Å². The van der Waals surface area contributed by atoms with E-state index in [1.807, 2.05) is 0 Å². The lowest BCUT2D eigenvalue weighted by molar-refractivity contribution is 0.102. The molecule has 3 rings (SSSR count). The zero-order valence-electron chi connectivity index (χ0n) is 15.4. The number of aromatic nitrogens is 1. The smallest absolute Gasteiger partial charge is 0.257 e. The first-order valence-electron chi connectivity index (χ1n) is 8.20. The average molecular weight is 403 g/mol. The number of nitrogens with zero attached hydrogens (tertiary/aromatic N) is 1. The molecular formula is C19H18FN3O4S. The molecule has 9 heteroatoms. The van der Waals surface area contributed by atoms with E-state index in [0.29, 0.717) is 27.8 Å². The lowest BCUT2D eigenvalue weighted by Crippen LogP contribution is -2.15. The van der Waals surface area contributed by atoms with E-state index in [1.165, 1.54) is 31.4 Å². The standard InChI is InChI=1S/C19H18FN3O4S/c1-11-15(8-12-4-5-13(20)9-17(12)21-11)19(24)22-14-6-7-16(18(10-14)27-2)23-28(3,25)26/h4-10,23H,1-3H3,(H,22,24). The van der Waals surface area contributed by atoms with Crippen molar-refractivity contribution in [3.63, 3.8) is 0 Å². The number of carbonyl (C=O) groups is 1. The lowest BCUT2D eigenvalue weighted by atomic mass is 10.1. The second-order valence-corrected chi connectivity index (χ2v) is 7.95. The summed E-state index contributed by atoms with van der Waals surface area (Å²) < 4.78 is 43.7. The van der Waals surface area contributed by atoms with Crippen LogP contribution in [0.3, 0.4) is 0 Å². The number of amides is 1. The van der Waals surface area contributed by atoms with Crippen LogP contribution in [0.5, 0.6) is 5.75 Å². The summed E-state index contributed by atoms with van der Waals surface area (Å²) in [6, 6.07) is 10.4. The van der Waals surface area contributed by atoms with E-state index in [9.17, 15) is 17.6 Å². The lowest BCUT2D eigenvalue weighted by Gasteiger charge is -2.13. The topological polar surface area (TPSA) is 97.4 Å². The first-order valence-corrected chi connectivity index (χ1v) is 10.1. The van der Waals surface area contributed by atoms with Crippen LogP contribution < -0.4 is 14.8 Å². The number of nitrogens with one attached hydrogen (secondary N) is 2. The number of methoxy groups -OCH3 is 1. The summed E-state index contributed by atoms with van der Waals surface area (Å²) >= 11 is 0. The maximum atomic E-state index is 13.3. The number of halogens is 1. The monoisotopic (exact) mass is 403 g/mol. The molecule has 7 nitrogen and oxygen atoms in total. The van der Waals surface area contributed by atoms with Gasteiger partial charge >= 0.3 is 0 Å². The molecular weight excluding hydrogens is 385 g/mol. The van der Waals surface area contributed by atoms with Gasteiger partial charge in [-0.25, -0.2) is 12.8 Å². The number of ether oxygens (including phenoxy) is 1. The number of aryl methyl sites for hydroxylation is 1. The third-order valence-corrected chi connectivity index (χ3v) is 4.56. The van der Waals surface area contributed by atoms with E-state index >= 15 is 0 Å². The SMILES string of the molecule is COc1cc(NC(=O)c2cc3ccc(F)cc3nc2C)ccc1NS(C)(=O)=O. The van der Waals surface area contributed by atoms with Gasteiger partial charge in [-0.2, -0.15) is 0 Å². The van der Waals surface area contributed by atoms with Crippen molar-refractivity contribution in [2.24, 2.45) is 0 Å². The third-order valence-electron chi connectivity index (χ3n) is 3.97. The molecule has 0 radical (unpaired) electrons. The van der Waals surface area contributed by atoms with Crippen LogP contribution in [0.25, 0.3) is 10.9 Å². The number of rotatable bonds is 5. The Balaban J connectivity index is 1.89. The molecule has 0 spiro atoms. The van der Waals surface area contributed by atoms with E-state index in [-0.39, 0.29) is 11.4 Å². The highest BCUT2D eigenvalue weighted by molar-refractivity contribution is 7.92. The number of hydrogen-bond donors (Lipinski definition) is 2. The van der Waals surface area contributed by atoms with Gasteiger partial charge in [0.15, 0.2) is 0 Å². The van der Waals surface area contributed by atoms with Crippen LogP contribution in [0.4, 0.5) is 15.8 Å². The van der Waals surface area contributed by atoms with E-state index in [1.54, 1.807) is 25.1 Å². The molecule has 2 aromatic carbocycles. The molecule has 0 saturated carbocycles. The Morgan fingerprint density at radius 3 is 2.57 bits per heavy atom. The van der Waals surface area contributed by atoms with Crippen molar-refractivity contribution < 1.29 is 22.3 Å². The number of anilines is 2. The molecule has 0 aliphatic heterocycles. The maximum absolute atomic E-state index is 13.3. The van der Waals surface area contributed by atoms with Crippen molar-refractivity contribution >= 4 is 38.2 Å². The Morgan fingerprint density at radius 2 is 1.89 bits per heavy atom. The Hall–Kier alpha value is -3.20. The minimum absolute atomic E-state index is 0.257. The van der Waals surface area contributed by atoms with Crippen LogP contribution in [-0.4, -0.2) is 32.7 Å². The van der Waals surface area contributed by atoms with Gasteiger partial charge in [-0.15, -0.1) is 0 Å². The molecule has 0 aliphatic rings. The van der Waals surface area contributed by atoms with E-state index < -0.39 is 21.7 Å². The number of sulfonamides is 1. The maximum Gasteiger partial charge on any atom is 0.257 e. The van der Waals surface area contributed by atoms with Crippen molar-refractivity contribution in [1.29, 1.82) is 0 Å². The molecule has 2 N–H and O–H groups in total. The molecule has 28 heavy (non-hydrogen) atoms. The van der Waals surface area contributed by atoms with Gasteiger partial charge in [0.1, 0.15) is 11.6 Å². The molecule has 0 saturated heterocycles. The van der Waals surface area contributed by atoms with Crippen LogP contribution in [0.15, 0.2) is 42.5 Å². The normalized spacial score (nSPS) is 11.3. The number of fused-ring (bicyclic) bond motifs is 1.